The second-order valence-electron chi connectivity index (χ2n) is 4.03. The molecule has 1 unspecified atom stereocenters. The van der Waals surface area contributed by atoms with E-state index >= 15 is 0 Å². The Kier molecular flexibility index (Phi) is 6.48. The van der Waals surface area contributed by atoms with Crippen LogP contribution in [0, 0.1) is 5.82 Å². The fourth-order valence-corrected chi connectivity index (χ4v) is 1.93. The Balaban J connectivity index is 2.55. The van der Waals surface area contributed by atoms with Gasteiger partial charge in [0.05, 0.1) is 11.6 Å². The van der Waals surface area contributed by atoms with Gasteiger partial charge in [-0.25, -0.2) is 4.39 Å². The molecule has 1 rings (SSSR count). The van der Waals surface area contributed by atoms with Crippen LogP contribution < -0.4 is 5.32 Å². The van der Waals surface area contributed by atoms with Gasteiger partial charge in [0.15, 0.2) is 0 Å². The number of ether oxygens (including phenoxy) is 1. The van der Waals surface area contributed by atoms with Crippen LogP contribution in [0.4, 0.5) is 4.39 Å². The van der Waals surface area contributed by atoms with Gasteiger partial charge in [0.1, 0.15) is 5.82 Å². The van der Waals surface area contributed by atoms with Gasteiger partial charge in [-0.05, 0) is 12.5 Å². The van der Waals surface area contributed by atoms with Crippen molar-refractivity contribution in [2.45, 2.75) is 32.4 Å². The molecule has 2 nitrogen and oxygen atoms in total. The highest BCUT2D eigenvalue weighted by atomic mass is 35.5. The molecule has 0 saturated carbocycles. The molecule has 0 saturated heterocycles. The van der Waals surface area contributed by atoms with E-state index in [1.54, 1.807) is 25.3 Å². The van der Waals surface area contributed by atoms with Gasteiger partial charge in [-0.2, -0.15) is 0 Å². The monoisotopic (exact) mass is 259 g/mol. The van der Waals surface area contributed by atoms with Crippen LogP contribution in [0.2, 0.25) is 5.02 Å². The lowest BCUT2D eigenvalue weighted by Gasteiger charge is -2.17. The molecule has 0 fully saturated rings. The standard InChI is InChI=1S/C13H19ClFNO/c1-3-5-11(9-17-2)16-8-10-6-4-7-12(14)13(10)15/h4,6-7,11,16H,3,5,8-9H2,1-2H3. The summed E-state index contributed by atoms with van der Waals surface area (Å²) in [5.41, 5.74) is 0.592. The van der Waals surface area contributed by atoms with Crippen LogP contribution in [0.3, 0.4) is 0 Å². The molecule has 17 heavy (non-hydrogen) atoms. The maximum absolute atomic E-state index is 13.6. The maximum atomic E-state index is 13.6. The van der Waals surface area contributed by atoms with Crippen LogP contribution in [0.5, 0.6) is 0 Å². The zero-order valence-electron chi connectivity index (χ0n) is 10.3. The van der Waals surface area contributed by atoms with Crippen LogP contribution in [0.25, 0.3) is 0 Å². The van der Waals surface area contributed by atoms with E-state index in [-0.39, 0.29) is 16.9 Å². The second-order valence-corrected chi connectivity index (χ2v) is 4.44. The smallest absolute Gasteiger partial charge is 0.146 e. The molecule has 0 bridgehead atoms. The number of methoxy groups -OCH3 is 1. The van der Waals surface area contributed by atoms with Gasteiger partial charge in [0.25, 0.3) is 0 Å². The highest BCUT2D eigenvalue weighted by Crippen LogP contribution is 2.17. The van der Waals surface area contributed by atoms with E-state index in [0.717, 1.165) is 12.8 Å². The van der Waals surface area contributed by atoms with E-state index in [1.807, 2.05) is 0 Å². The summed E-state index contributed by atoms with van der Waals surface area (Å²) in [5.74, 6) is -0.339. The van der Waals surface area contributed by atoms with Crippen LogP contribution in [-0.4, -0.2) is 19.8 Å². The Morgan fingerprint density at radius 2 is 2.24 bits per heavy atom. The van der Waals surface area contributed by atoms with E-state index in [9.17, 15) is 4.39 Å². The quantitative estimate of drug-likeness (QED) is 0.811. The molecule has 0 radical (unpaired) electrons. The molecule has 1 aromatic carbocycles. The summed E-state index contributed by atoms with van der Waals surface area (Å²) >= 11 is 5.72. The first-order valence-corrected chi connectivity index (χ1v) is 6.22. The molecular formula is C13H19ClFNO. The van der Waals surface area contributed by atoms with Gasteiger partial charge in [0, 0.05) is 25.3 Å². The van der Waals surface area contributed by atoms with E-state index in [1.165, 1.54) is 0 Å². The third-order valence-corrected chi connectivity index (χ3v) is 2.91. The predicted molar refractivity (Wildman–Crippen MR) is 68.8 cm³/mol. The van der Waals surface area contributed by atoms with Crippen molar-refractivity contribution in [3.8, 4) is 0 Å². The predicted octanol–water partition coefficient (Wildman–Crippen LogP) is 3.38. The number of halogens is 2. The summed E-state index contributed by atoms with van der Waals surface area (Å²) < 4.78 is 18.7. The van der Waals surface area contributed by atoms with Gasteiger partial charge < -0.3 is 10.1 Å². The molecule has 1 aromatic rings. The average molecular weight is 260 g/mol. The fourth-order valence-electron chi connectivity index (χ4n) is 1.73. The Bertz CT molecular complexity index is 340. The summed E-state index contributed by atoms with van der Waals surface area (Å²) in [6.07, 6.45) is 2.08. The molecule has 1 atom stereocenters. The van der Waals surface area contributed by atoms with Crippen molar-refractivity contribution in [1.82, 2.24) is 5.32 Å². The molecule has 0 spiro atoms. The number of rotatable bonds is 7. The van der Waals surface area contributed by atoms with E-state index in [2.05, 4.69) is 12.2 Å². The number of benzene rings is 1. The normalized spacial score (nSPS) is 12.7. The summed E-state index contributed by atoms with van der Waals surface area (Å²) in [5, 5.41) is 3.45. The molecule has 0 heterocycles. The van der Waals surface area contributed by atoms with Gasteiger partial charge >= 0.3 is 0 Å². The van der Waals surface area contributed by atoms with E-state index in [0.29, 0.717) is 18.7 Å². The molecule has 4 heteroatoms. The minimum atomic E-state index is -0.339. The van der Waals surface area contributed by atoms with Gasteiger partial charge in [-0.15, -0.1) is 0 Å². The van der Waals surface area contributed by atoms with Crippen molar-refractivity contribution in [2.24, 2.45) is 0 Å². The minimum absolute atomic E-state index is 0.170. The highest BCUT2D eigenvalue weighted by molar-refractivity contribution is 6.30. The van der Waals surface area contributed by atoms with Crippen LogP contribution in [0.15, 0.2) is 18.2 Å². The number of hydrogen-bond donors (Lipinski definition) is 1. The summed E-state index contributed by atoms with van der Waals surface area (Å²) in [7, 11) is 1.67. The number of nitrogens with one attached hydrogen (secondary N) is 1. The molecule has 1 N–H and O–H groups in total. The summed E-state index contributed by atoms with van der Waals surface area (Å²) in [4.78, 5) is 0. The molecule has 0 aromatic heterocycles. The van der Waals surface area contributed by atoms with Crippen molar-refractivity contribution < 1.29 is 9.13 Å². The Morgan fingerprint density at radius 1 is 1.47 bits per heavy atom. The SMILES string of the molecule is CCCC(COC)NCc1cccc(Cl)c1F. The third kappa shape index (κ3) is 4.62. The van der Waals surface area contributed by atoms with Gasteiger partial charge in [-0.1, -0.05) is 37.1 Å². The van der Waals surface area contributed by atoms with Gasteiger partial charge in [-0.3, -0.25) is 0 Å². The lowest BCUT2D eigenvalue weighted by atomic mass is 10.1. The molecule has 0 aliphatic carbocycles. The maximum Gasteiger partial charge on any atom is 0.146 e. The lowest BCUT2D eigenvalue weighted by Crippen LogP contribution is -2.32. The molecule has 0 aliphatic heterocycles. The highest BCUT2D eigenvalue weighted by Gasteiger charge is 2.10. The van der Waals surface area contributed by atoms with Crippen molar-refractivity contribution in [3.05, 3.63) is 34.6 Å². The fraction of sp³-hybridized carbons (Fsp3) is 0.538. The first kappa shape index (κ1) is 14.4. The zero-order chi connectivity index (χ0) is 12.7. The first-order valence-electron chi connectivity index (χ1n) is 5.84. The average Bonchev–Trinajstić information content (AvgIpc) is 2.31. The minimum Gasteiger partial charge on any atom is -0.383 e. The topological polar surface area (TPSA) is 21.3 Å². The van der Waals surface area contributed by atoms with E-state index < -0.39 is 0 Å². The van der Waals surface area contributed by atoms with Crippen LogP contribution in [0.1, 0.15) is 25.3 Å². The first-order chi connectivity index (χ1) is 8.19. The summed E-state index contributed by atoms with van der Waals surface area (Å²) in [6.45, 7) is 3.22. The summed E-state index contributed by atoms with van der Waals surface area (Å²) in [6, 6.07) is 5.31. The Morgan fingerprint density at radius 3 is 2.88 bits per heavy atom. The molecule has 0 amide bonds. The van der Waals surface area contributed by atoms with Crippen molar-refractivity contribution >= 4 is 11.6 Å². The molecule has 0 aliphatic rings. The van der Waals surface area contributed by atoms with Crippen LogP contribution >= 0.6 is 11.6 Å². The number of hydrogen-bond acceptors (Lipinski definition) is 2. The third-order valence-electron chi connectivity index (χ3n) is 2.62. The largest absolute Gasteiger partial charge is 0.383 e. The van der Waals surface area contributed by atoms with Crippen molar-refractivity contribution in [3.63, 3.8) is 0 Å². The second kappa shape index (κ2) is 7.64. The Labute approximate surface area is 107 Å². The lowest BCUT2D eigenvalue weighted by molar-refractivity contribution is 0.161. The van der Waals surface area contributed by atoms with Crippen LogP contribution in [-0.2, 0) is 11.3 Å². The zero-order valence-corrected chi connectivity index (χ0v) is 11.1. The molecule has 96 valence electrons. The Hall–Kier alpha value is -0.640. The molecular weight excluding hydrogens is 241 g/mol. The van der Waals surface area contributed by atoms with E-state index in [4.69, 9.17) is 16.3 Å². The van der Waals surface area contributed by atoms with Gasteiger partial charge in [0.2, 0.25) is 0 Å². The van der Waals surface area contributed by atoms with Crippen molar-refractivity contribution in [2.75, 3.05) is 13.7 Å². The van der Waals surface area contributed by atoms with Crippen molar-refractivity contribution in [1.29, 1.82) is 0 Å².